The van der Waals surface area contributed by atoms with Crippen molar-refractivity contribution in [1.29, 1.82) is 0 Å². The molecule has 0 saturated heterocycles. The zero-order chi connectivity index (χ0) is 19.7. The van der Waals surface area contributed by atoms with Crippen molar-refractivity contribution in [2.45, 2.75) is 13.3 Å². The van der Waals surface area contributed by atoms with Gasteiger partial charge in [0.2, 0.25) is 0 Å². The molecule has 0 aliphatic carbocycles. The van der Waals surface area contributed by atoms with E-state index < -0.39 is 5.97 Å². The zero-order valence-electron chi connectivity index (χ0n) is 15.0. The fraction of sp³-hybridized carbons (Fsp3) is 0.0952. The minimum Gasteiger partial charge on any atom is -0.481 e. The summed E-state index contributed by atoms with van der Waals surface area (Å²) in [7, 11) is 0. The largest absolute Gasteiger partial charge is 0.481 e. The van der Waals surface area contributed by atoms with Gasteiger partial charge in [0, 0.05) is 11.8 Å². The van der Waals surface area contributed by atoms with Gasteiger partial charge in [0.25, 0.3) is 0 Å². The molecule has 0 aliphatic heterocycles. The lowest BCUT2D eigenvalue weighted by Gasteiger charge is -2.01. The minimum atomic E-state index is -0.922. The predicted octanol–water partition coefficient (Wildman–Crippen LogP) is 4.94. The van der Waals surface area contributed by atoms with Crippen LogP contribution in [-0.2, 0) is 4.79 Å². The number of aliphatic carboxylic acids is 1. The number of aryl methyl sites for hydroxylation is 1. The topological polar surface area (TPSA) is 68.0 Å². The van der Waals surface area contributed by atoms with Crippen molar-refractivity contribution in [2.75, 3.05) is 0 Å². The molecular weight excluding hydrogens is 377 g/mol. The number of halogens is 1. The van der Waals surface area contributed by atoms with Crippen LogP contribution < -0.4 is 0 Å². The van der Waals surface area contributed by atoms with Gasteiger partial charge < -0.3 is 5.11 Å². The van der Waals surface area contributed by atoms with E-state index in [1.165, 1.54) is 23.5 Å². The number of carboxylic acids is 1. The van der Waals surface area contributed by atoms with Crippen molar-refractivity contribution in [2.24, 2.45) is 0 Å². The van der Waals surface area contributed by atoms with Crippen LogP contribution in [0.4, 0.5) is 4.39 Å². The van der Waals surface area contributed by atoms with Crippen LogP contribution in [0.1, 0.15) is 22.7 Å². The van der Waals surface area contributed by atoms with Gasteiger partial charge in [0.1, 0.15) is 10.8 Å². The van der Waals surface area contributed by atoms with Crippen molar-refractivity contribution < 1.29 is 14.3 Å². The van der Waals surface area contributed by atoms with Crippen LogP contribution in [0.25, 0.3) is 27.6 Å². The number of fused-ring (bicyclic) bond motifs is 1. The van der Waals surface area contributed by atoms with Gasteiger partial charge in [-0.05, 0) is 55.0 Å². The Morgan fingerprint density at radius 2 is 1.96 bits per heavy atom. The van der Waals surface area contributed by atoms with E-state index in [0.29, 0.717) is 10.6 Å². The molecule has 0 spiro atoms. The number of carboxylic acid groups (broad SMARTS) is 1. The second-order valence-electron chi connectivity index (χ2n) is 6.32. The average Bonchev–Trinajstić information content (AvgIpc) is 3.25. The van der Waals surface area contributed by atoms with Gasteiger partial charge in [0.15, 0.2) is 0 Å². The lowest BCUT2D eigenvalue weighted by atomic mass is 10.1. The second kappa shape index (κ2) is 7.36. The Morgan fingerprint density at radius 3 is 2.68 bits per heavy atom. The number of benzene rings is 2. The number of thiazole rings is 1. The molecule has 0 radical (unpaired) electrons. The van der Waals surface area contributed by atoms with E-state index in [2.05, 4.69) is 10.1 Å². The molecule has 4 rings (SSSR count). The number of aromatic nitrogens is 3. The third-order valence-electron chi connectivity index (χ3n) is 4.27. The van der Waals surface area contributed by atoms with Gasteiger partial charge in [-0.25, -0.2) is 14.1 Å². The fourth-order valence-corrected chi connectivity index (χ4v) is 3.87. The third-order valence-corrected chi connectivity index (χ3v) is 5.38. The standard InChI is InChI=1S/C21H16FN3O2S/c1-13-15(12-25(24-13)17-8-6-16(22)7-9-17)10-14(11-20(26)27)21-23-18-4-2-3-5-19(18)28-21/h2-10,12H,11H2,1H3,(H,26,27). The average molecular weight is 393 g/mol. The van der Waals surface area contributed by atoms with Crippen LogP contribution in [0.15, 0.2) is 54.7 Å². The van der Waals surface area contributed by atoms with Crippen LogP contribution >= 0.6 is 11.3 Å². The summed E-state index contributed by atoms with van der Waals surface area (Å²) in [5.74, 6) is -1.23. The van der Waals surface area contributed by atoms with E-state index in [-0.39, 0.29) is 12.2 Å². The first-order valence-corrected chi connectivity index (χ1v) is 9.42. The first-order valence-electron chi connectivity index (χ1n) is 8.60. The van der Waals surface area contributed by atoms with E-state index in [1.807, 2.05) is 37.3 Å². The minimum absolute atomic E-state index is 0.138. The summed E-state index contributed by atoms with van der Waals surface area (Å²) in [6.45, 7) is 1.85. The SMILES string of the molecule is Cc1nn(-c2ccc(F)cc2)cc1C=C(CC(=O)O)c1nc2ccccc2s1. The van der Waals surface area contributed by atoms with Gasteiger partial charge in [0.05, 0.1) is 28.0 Å². The van der Waals surface area contributed by atoms with Crippen LogP contribution in [0.2, 0.25) is 0 Å². The Balaban J connectivity index is 1.76. The van der Waals surface area contributed by atoms with Crippen molar-refractivity contribution in [3.63, 3.8) is 0 Å². The molecule has 1 N–H and O–H groups in total. The van der Waals surface area contributed by atoms with Gasteiger partial charge in [-0.2, -0.15) is 5.10 Å². The Labute approximate surface area is 164 Å². The summed E-state index contributed by atoms with van der Waals surface area (Å²) in [5.41, 5.74) is 3.73. The maximum atomic E-state index is 13.2. The predicted molar refractivity (Wildman–Crippen MR) is 108 cm³/mol. The summed E-state index contributed by atoms with van der Waals surface area (Å²) < 4.78 is 15.8. The van der Waals surface area contributed by atoms with Crippen LogP contribution in [0.5, 0.6) is 0 Å². The molecule has 2 heterocycles. The van der Waals surface area contributed by atoms with Gasteiger partial charge in [-0.3, -0.25) is 4.79 Å². The number of rotatable bonds is 5. The van der Waals surface area contributed by atoms with E-state index in [4.69, 9.17) is 0 Å². The number of nitrogens with zero attached hydrogens (tertiary/aromatic N) is 3. The van der Waals surface area contributed by atoms with E-state index in [0.717, 1.165) is 27.2 Å². The maximum Gasteiger partial charge on any atom is 0.307 e. The van der Waals surface area contributed by atoms with Crippen LogP contribution in [-0.4, -0.2) is 25.8 Å². The Bertz CT molecular complexity index is 1160. The zero-order valence-corrected chi connectivity index (χ0v) is 15.8. The molecule has 2 aromatic heterocycles. The first kappa shape index (κ1) is 18.1. The monoisotopic (exact) mass is 393 g/mol. The molecule has 7 heteroatoms. The molecule has 0 unspecified atom stereocenters. The number of hydrogen-bond donors (Lipinski definition) is 1. The summed E-state index contributed by atoms with van der Waals surface area (Å²) in [4.78, 5) is 16.0. The molecule has 0 bridgehead atoms. The normalized spacial score (nSPS) is 11.9. The molecular formula is C21H16FN3O2S. The number of para-hydroxylation sites is 1. The number of hydrogen-bond acceptors (Lipinski definition) is 4. The lowest BCUT2D eigenvalue weighted by molar-refractivity contribution is -0.135. The Kier molecular flexibility index (Phi) is 4.75. The molecule has 4 aromatic rings. The number of carbonyl (C=O) groups is 1. The highest BCUT2D eigenvalue weighted by molar-refractivity contribution is 7.19. The molecule has 0 fully saturated rings. The van der Waals surface area contributed by atoms with E-state index >= 15 is 0 Å². The molecule has 140 valence electrons. The summed E-state index contributed by atoms with van der Waals surface area (Å²) in [5, 5.41) is 14.5. The molecule has 0 saturated carbocycles. The van der Waals surface area contributed by atoms with Crippen molar-refractivity contribution in [1.82, 2.24) is 14.8 Å². The molecule has 0 aliphatic rings. The van der Waals surface area contributed by atoms with Crippen molar-refractivity contribution in [3.05, 3.63) is 76.8 Å². The van der Waals surface area contributed by atoms with E-state index in [9.17, 15) is 14.3 Å². The van der Waals surface area contributed by atoms with Crippen LogP contribution in [0.3, 0.4) is 0 Å². The highest BCUT2D eigenvalue weighted by Crippen LogP contribution is 2.30. The van der Waals surface area contributed by atoms with Gasteiger partial charge in [-0.1, -0.05) is 12.1 Å². The van der Waals surface area contributed by atoms with Crippen molar-refractivity contribution >= 4 is 39.2 Å². The summed E-state index contributed by atoms with van der Waals surface area (Å²) in [6.07, 6.45) is 3.48. The molecule has 0 amide bonds. The van der Waals surface area contributed by atoms with Gasteiger partial charge in [-0.15, -0.1) is 11.3 Å². The highest BCUT2D eigenvalue weighted by Gasteiger charge is 2.14. The lowest BCUT2D eigenvalue weighted by Crippen LogP contribution is -1.97. The molecule has 28 heavy (non-hydrogen) atoms. The quantitative estimate of drug-likeness (QED) is 0.521. The second-order valence-corrected chi connectivity index (χ2v) is 7.35. The molecule has 0 atom stereocenters. The van der Waals surface area contributed by atoms with Crippen LogP contribution in [0, 0.1) is 12.7 Å². The maximum absolute atomic E-state index is 13.2. The molecule has 2 aromatic carbocycles. The fourth-order valence-electron chi connectivity index (χ4n) is 2.89. The first-order chi connectivity index (χ1) is 13.5. The summed E-state index contributed by atoms with van der Waals surface area (Å²) in [6, 6.07) is 13.7. The summed E-state index contributed by atoms with van der Waals surface area (Å²) >= 11 is 1.47. The van der Waals surface area contributed by atoms with E-state index in [1.54, 1.807) is 23.0 Å². The van der Waals surface area contributed by atoms with Crippen molar-refractivity contribution in [3.8, 4) is 5.69 Å². The smallest absolute Gasteiger partial charge is 0.307 e. The van der Waals surface area contributed by atoms with Gasteiger partial charge >= 0.3 is 5.97 Å². The highest BCUT2D eigenvalue weighted by atomic mass is 32.1. The molecule has 5 nitrogen and oxygen atoms in total. The Morgan fingerprint density at radius 1 is 1.21 bits per heavy atom. The Hall–Kier alpha value is -3.32. The third kappa shape index (κ3) is 3.70.